The molecule has 1 amide bonds. The lowest BCUT2D eigenvalue weighted by molar-refractivity contribution is -0.126. The average Bonchev–Trinajstić information content (AvgIpc) is 2.44. The van der Waals surface area contributed by atoms with Gasteiger partial charge in [-0.2, -0.15) is 0 Å². The number of nitrogens with one attached hydrogen (secondary N) is 1. The van der Waals surface area contributed by atoms with Gasteiger partial charge in [-0.05, 0) is 68.2 Å². The first-order valence-corrected chi connectivity index (χ1v) is 10.3. The molecular formula is C21H40N2O. The second-order valence-corrected chi connectivity index (χ2v) is 9.67. The highest BCUT2D eigenvalue weighted by Gasteiger charge is 2.47. The van der Waals surface area contributed by atoms with E-state index in [0.29, 0.717) is 30.2 Å². The summed E-state index contributed by atoms with van der Waals surface area (Å²) >= 11 is 0. The number of carbonyl (C=O) groups is 1. The molecule has 3 heteroatoms. The molecule has 2 rings (SSSR count). The molecule has 2 fully saturated rings. The van der Waals surface area contributed by atoms with Crippen molar-refractivity contribution in [1.29, 1.82) is 0 Å². The summed E-state index contributed by atoms with van der Waals surface area (Å²) in [7, 11) is 0. The van der Waals surface area contributed by atoms with E-state index in [0.717, 1.165) is 25.2 Å². The van der Waals surface area contributed by atoms with Gasteiger partial charge in [-0.25, -0.2) is 0 Å². The van der Waals surface area contributed by atoms with E-state index in [1.165, 1.54) is 38.5 Å². The van der Waals surface area contributed by atoms with Gasteiger partial charge in [0.05, 0.1) is 0 Å². The number of amides is 1. The predicted molar refractivity (Wildman–Crippen MR) is 102 cm³/mol. The zero-order valence-electron chi connectivity index (χ0n) is 16.5. The molecule has 3 nitrogen and oxygen atoms in total. The molecular weight excluding hydrogens is 296 g/mol. The zero-order valence-corrected chi connectivity index (χ0v) is 16.5. The molecule has 2 aliphatic rings. The number of fused-ring (bicyclic) bond motifs is 2. The second kappa shape index (κ2) is 8.21. The standard InChI is InChI=1S/C21H40N2O/c1-5-8-21(13-17-7-6-9-20(4,12-17)15-21)23-19(24)11-18(14-22)10-16(2)3/h16-18H,5-15,22H2,1-4H3,(H,23,24). The van der Waals surface area contributed by atoms with Gasteiger partial charge in [0.15, 0.2) is 0 Å². The van der Waals surface area contributed by atoms with Crippen molar-refractivity contribution in [2.75, 3.05) is 6.54 Å². The molecule has 4 unspecified atom stereocenters. The Morgan fingerprint density at radius 1 is 1.33 bits per heavy atom. The molecule has 0 aliphatic heterocycles. The Morgan fingerprint density at radius 2 is 2.08 bits per heavy atom. The molecule has 0 aromatic rings. The van der Waals surface area contributed by atoms with Crippen LogP contribution in [0.4, 0.5) is 0 Å². The third-order valence-corrected chi connectivity index (χ3v) is 6.36. The van der Waals surface area contributed by atoms with Crippen molar-refractivity contribution in [3.05, 3.63) is 0 Å². The summed E-state index contributed by atoms with van der Waals surface area (Å²) < 4.78 is 0. The summed E-state index contributed by atoms with van der Waals surface area (Å²) in [6.45, 7) is 9.75. The number of nitrogens with two attached hydrogens (primary N) is 1. The smallest absolute Gasteiger partial charge is 0.220 e. The maximum absolute atomic E-state index is 12.8. The van der Waals surface area contributed by atoms with Crippen molar-refractivity contribution < 1.29 is 4.79 Å². The molecule has 4 atom stereocenters. The van der Waals surface area contributed by atoms with Crippen LogP contribution in [0.2, 0.25) is 0 Å². The minimum Gasteiger partial charge on any atom is -0.351 e. The van der Waals surface area contributed by atoms with E-state index in [-0.39, 0.29) is 11.4 Å². The molecule has 140 valence electrons. The van der Waals surface area contributed by atoms with Crippen molar-refractivity contribution in [2.45, 2.75) is 97.4 Å². The van der Waals surface area contributed by atoms with Crippen molar-refractivity contribution >= 4 is 5.91 Å². The molecule has 24 heavy (non-hydrogen) atoms. The number of rotatable bonds is 8. The van der Waals surface area contributed by atoms with Crippen molar-refractivity contribution in [3.8, 4) is 0 Å². The van der Waals surface area contributed by atoms with Crippen LogP contribution >= 0.6 is 0 Å². The Balaban J connectivity index is 2.03. The lowest BCUT2D eigenvalue weighted by Crippen LogP contribution is -2.56. The van der Waals surface area contributed by atoms with E-state index in [1.54, 1.807) is 0 Å². The lowest BCUT2D eigenvalue weighted by atomic mass is 9.56. The lowest BCUT2D eigenvalue weighted by Gasteiger charge is -2.53. The molecule has 0 spiro atoms. The Hall–Kier alpha value is -0.570. The highest BCUT2D eigenvalue weighted by molar-refractivity contribution is 5.77. The van der Waals surface area contributed by atoms with Crippen LogP contribution in [0.25, 0.3) is 0 Å². The SMILES string of the molecule is CCCC1(NC(=O)CC(CN)CC(C)C)CC2CCCC(C)(C2)C1. The quantitative estimate of drug-likeness (QED) is 0.678. The predicted octanol–water partition coefficient (Wildman–Crippen LogP) is 4.64. The molecule has 0 aromatic heterocycles. The van der Waals surface area contributed by atoms with Crippen molar-refractivity contribution in [1.82, 2.24) is 5.32 Å². The fourth-order valence-corrected chi connectivity index (χ4v) is 5.86. The Kier molecular flexibility index (Phi) is 6.75. The van der Waals surface area contributed by atoms with Crippen LogP contribution in [-0.4, -0.2) is 18.0 Å². The summed E-state index contributed by atoms with van der Waals surface area (Å²) in [6, 6.07) is 0. The molecule has 3 N–H and O–H groups in total. The van der Waals surface area contributed by atoms with Crippen molar-refractivity contribution in [3.63, 3.8) is 0 Å². The summed E-state index contributed by atoms with van der Waals surface area (Å²) in [4.78, 5) is 12.8. The van der Waals surface area contributed by atoms with Gasteiger partial charge in [-0.15, -0.1) is 0 Å². The molecule has 0 heterocycles. The summed E-state index contributed by atoms with van der Waals surface area (Å²) in [5.74, 6) is 1.97. The Morgan fingerprint density at radius 3 is 2.67 bits per heavy atom. The average molecular weight is 337 g/mol. The first-order valence-electron chi connectivity index (χ1n) is 10.3. The van der Waals surface area contributed by atoms with Crippen LogP contribution in [-0.2, 0) is 4.79 Å². The van der Waals surface area contributed by atoms with Crippen molar-refractivity contribution in [2.24, 2.45) is 28.9 Å². The van der Waals surface area contributed by atoms with E-state index in [2.05, 4.69) is 33.0 Å². The summed E-state index contributed by atoms with van der Waals surface area (Å²) in [5.41, 5.74) is 6.39. The van der Waals surface area contributed by atoms with Gasteiger partial charge in [-0.1, -0.05) is 47.0 Å². The monoisotopic (exact) mass is 336 g/mol. The largest absolute Gasteiger partial charge is 0.351 e. The minimum atomic E-state index is 0.0426. The molecule has 0 saturated heterocycles. The van der Waals surface area contributed by atoms with E-state index < -0.39 is 0 Å². The minimum absolute atomic E-state index is 0.0426. The van der Waals surface area contributed by atoms with E-state index in [1.807, 2.05) is 0 Å². The number of carbonyl (C=O) groups excluding carboxylic acids is 1. The Bertz CT molecular complexity index is 422. The normalized spacial score (nSPS) is 34.2. The fourth-order valence-electron chi connectivity index (χ4n) is 5.86. The van der Waals surface area contributed by atoms with Crippen LogP contribution in [0.3, 0.4) is 0 Å². The molecule has 0 aromatic carbocycles. The van der Waals surface area contributed by atoms with E-state index >= 15 is 0 Å². The van der Waals surface area contributed by atoms with Crippen LogP contribution in [0.1, 0.15) is 91.9 Å². The van der Waals surface area contributed by atoms with Crippen LogP contribution in [0, 0.1) is 23.2 Å². The highest BCUT2D eigenvalue weighted by Crippen LogP contribution is 2.53. The van der Waals surface area contributed by atoms with Gasteiger partial charge in [0.2, 0.25) is 5.91 Å². The van der Waals surface area contributed by atoms with Gasteiger partial charge in [-0.3, -0.25) is 4.79 Å². The number of hydrogen-bond acceptors (Lipinski definition) is 2. The first kappa shape index (κ1) is 19.8. The topological polar surface area (TPSA) is 55.1 Å². The number of hydrogen-bond donors (Lipinski definition) is 2. The van der Waals surface area contributed by atoms with Gasteiger partial charge < -0.3 is 11.1 Å². The van der Waals surface area contributed by atoms with Crippen LogP contribution in [0.5, 0.6) is 0 Å². The van der Waals surface area contributed by atoms with Gasteiger partial charge in [0.1, 0.15) is 0 Å². The first-order chi connectivity index (χ1) is 11.3. The van der Waals surface area contributed by atoms with Gasteiger partial charge >= 0.3 is 0 Å². The summed E-state index contributed by atoms with van der Waals surface area (Å²) in [6.07, 6.45) is 11.7. The van der Waals surface area contributed by atoms with Crippen LogP contribution < -0.4 is 11.1 Å². The molecule has 2 saturated carbocycles. The third-order valence-electron chi connectivity index (χ3n) is 6.36. The fraction of sp³-hybridized carbons (Fsp3) is 0.952. The molecule has 2 bridgehead atoms. The third kappa shape index (κ3) is 5.21. The second-order valence-electron chi connectivity index (χ2n) is 9.67. The molecule has 0 radical (unpaired) electrons. The van der Waals surface area contributed by atoms with Gasteiger partial charge in [0.25, 0.3) is 0 Å². The Labute approximate surface area is 149 Å². The van der Waals surface area contributed by atoms with Gasteiger partial charge in [0, 0.05) is 12.0 Å². The summed E-state index contributed by atoms with van der Waals surface area (Å²) in [5, 5.41) is 3.53. The maximum Gasteiger partial charge on any atom is 0.220 e. The molecule has 2 aliphatic carbocycles. The van der Waals surface area contributed by atoms with Crippen LogP contribution in [0.15, 0.2) is 0 Å². The van der Waals surface area contributed by atoms with E-state index in [9.17, 15) is 4.79 Å². The van der Waals surface area contributed by atoms with E-state index in [4.69, 9.17) is 5.73 Å². The highest BCUT2D eigenvalue weighted by atomic mass is 16.1. The zero-order chi connectivity index (χ0) is 17.8. The maximum atomic E-state index is 12.8.